The van der Waals surface area contributed by atoms with Crippen LogP contribution in [0.3, 0.4) is 0 Å². The number of aromatic nitrogens is 2. The maximum absolute atomic E-state index is 4.26. The van der Waals surface area contributed by atoms with Gasteiger partial charge < -0.3 is 4.57 Å². The molecule has 2 heteroatoms. The van der Waals surface area contributed by atoms with Gasteiger partial charge >= 0.3 is 0 Å². The fraction of sp³-hybridized carbons (Fsp3) is 0.533. The van der Waals surface area contributed by atoms with Crippen molar-refractivity contribution in [2.45, 2.75) is 52.5 Å². The molecule has 0 atom stereocenters. The molecule has 0 N–H and O–H groups in total. The van der Waals surface area contributed by atoms with E-state index >= 15 is 0 Å². The number of rotatable bonds is 0. The number of nitrogens with zero attached hydrogens (tertiary/aromatic N) is 2. The molecule has 0 aliphatic heterocycles. The molecule has 0 saturated heterocycles. The monoisotopic (exact) mass is 230 g/mol. The first-order chi connectivity index (χ1) is 7.71. The minimum atomic E-state index is 0.0768. The number of hydrogen-bond donors (Lipinski definition) is 0. The summed E-state index contributed by atoms with van der Waals surface area (Å²) in [6, 6.07) is 4.38. The predicted octanol–water partition coefficient (Wildman–Crippen LogP) is 4.09. The second-order valence-corrected chi connectivity index (χ2v) is 6.72. The summed E-state index contributed by atoms with van der Waals surface area (Å²) < 4.78 is 2.41. The maximum Gasteiger partial charge on any atom is 0.0674 e. The van der Waals surface area contributed by atoms with Gasteiger partial charge in [0.05, 0.1) is 11.7 Å². The van der Waals surface area contributed by atoms with Gasteiger partial charge in [0.25, 0.3) is 0 Å². The number of pyridine rings is 1. The van der Waals surface area contributed by atoms with Crippen LogP contribution in [0.15, 0.2) is 24.5 Å². The van der Waals surface area contributed by atoms with Crippen molar-refractivity contribution in [1.29, 1.82) is 0 Å². The quantitative estimate of drug-likeness (QED) is 0.666. The topological polar surface area (TPSA) is 17.8 Å². The number of hydrogen-bond acceptors (Lipinski definition) is 1. The third-order valence-electron chi connectivity index (χ3n) is 3.05. The third kappa shape index (κ3) is 2.08. The van der Waals surface area contributed by atoms with Crippen LogP contribution in [-0.2, 0) is 11.0 Å². The average molecular weight is 230 g/mol. The van der Waals surface area contributed by atoms with Crippen molar-refractivity contribution in [2.75, 3.05) is 0 Å². The largest absolute Gasteiger partial charge is 0.338 e. The molecule has 0 aromatic carbocycles. The van der Waals surface area contributed by atoms with Gasteiger partial charge in [0, 0.05) is 28.2 Å². The molecule has 0 saturated carbocycles. The Morgan fingerprint density at radius 3 is 2.24 bits per heavy atom. The van der Waals surface area contributed by atoms with Gasteiger partial charge in [-0.15, -0.1) is 0 Å². The molecule has 17 heavy (non-hydrogen) atoms. The summed E-state index contributed by atoms with van der Waals surface area (Å²) in [6.45, 7) is 13.5. The van der Waals surface area contributed by atoms with Crippen LogP contribution in [-0.4, -0.2) is 9.55 Å². The van der Waals surface area contributed by atoms with Gasteiger partial charge in [-0.25, -0.2) is 0 Å². The zero-order valence-corrected chi connectivity index (χ0v) is 11.7. The molecule has 2 nitrogen and oxygen atoms in total. The predicted molar refractivity (Wildman–Crippen MR) is 73.4 cm³/mol. The second kappa shape index (κ2) is 3.59. The molecule has 2 heterocycles. The van der Waals surface area contributed by atoms with E-state index in [2.05, 4.69) is 63.2 Å². The summed E-state index contributed by atoms with van der Waals surface area (Å²) in [7, 11) is 0. The Bertz CT molecular complexity index is 536. The first kappa shape index (κ1) is 12.2. The van der Waals surface area contributed by atoms with E-state index in [0.717, 1.165) is 0 Å². The van der Waals surface area contributed by atoms with E-state index in [1.807, 2.05) is 12.4 Å². The van der Waals surface area contributed by atoms with Crippen LogP contribution < -0.4 is 0 Å². The molecule has 0 aliphatic rings. The van der Waals surface area contributed by atoms with Gasteiger partial charge in [0.2, 0.25) is 0 Å². The molecular weight excluding hydrogens is 208 g/mol. The van der Waals surface area contributed by atoms with Gasteiger partial charge in [0.15, 0.2) is 0 Å². The van der Waals surface area contributed by atoms with Crippen LogP contribution in [0.4, 0.5) is 0 Å². The lowest BCUT2D eigenvalue weighted by molar-refractivity contribution is 0.371. The molecule has 2 rings (SSSR count). The smallest absolute Gasteiger partial charge is 0.0674 e. The third-order valence-corrected chi connectivity index (χ3v) is 3.05. The van der Waals surface area contributed by atoms with E-state index < -0.39 is 0 Å². The van der Waals surface area contributed by atoms with Crippen molar-refractivity contribution in [3.63, 3.8) is 0 Å². The lowest BCUT2D eigenvalue weighted by Gasteiger charge is -2.31. The highest BCUT2D eigenvalue weighted by Gasteiger charge is 2.26. The zero-order chi connectivity index (χ0) is 12.8. The Morgan fingerprint density at radius 1 is 1.06 bits per heavy atom. The molecule has 0 fully saturated rings. The van der Waals surface area contributed by atoms with E-state index in [4.69, 9.17) is 0 Å². The molecule has 0 amide bonds. The Morgan fingerprint density at radius 2 is 1.71 bits per heavy atom. The Kier molecular flexibility index (Phi) is 2.57. The second-order valence-electron chi connectivity index (χ2n) is 6.72. The summed E-state index contributed by atoms with van der Waals surface area (Å²) >= 11 is 0. The summed E-state index contributed by atoms with van der Waals surface area (Å²) in [5.74, 6) is 0. The van der Waals surface area contributed by atoms with Gasteiger partial charge in [-0.1, -0.05) is 20.8 Å². The van der Waals surface area contributed by atoms with Crippen LogP contribution >= 0.6 is 0 Å². The normalized spacial score (nSPS) is 13.3. The van der Waals surface area contributed by atoms with Crippen molar-refractivity contribution in [3.05, 3.63) is 30.2 Å². The molecule has 0 spiro atoms. The summed E-state index contributed by atoms with van der Waals surface area (Å²) in [6.07, 6.45) is 3.83. The van der Waals surface area contributed by atoms with E-state index in [0.29, 0.717) is 0 Å². The highest BCUT2D eigenvalue weighted by atomic mass is 15.1. The molecule has 0 aliphatic carbocycles. The molecule has 2 aromatic heterocycles. The van der Waals surface area contributed by atoms with Crippen molar-refractivity contribution < 1.29 is 0 Å². The van der Waals surface area contributed by atoms with Crippen molar-refractivity contribution in [2.24, 2.45) is 0 Å². The SMILES string of the molecule is CC(C)(C)c1cc2ccncc2n1C(C)(C)C. The molecule has 0 radical (unpaired) electrons. The first-order valence-corrected chi connectivity index (χ1v) is 6.18. The molecule has 2 aromatic rings. The van der Waals surface area contributed by atoms with E-state index in [1.165, 1.54) is 16.6 Å². The van der Waals surface area contributed by atoms with E-state index in [1.54, 1.807) is 0 Å². The fourth-order valence-electron chi connectivity index (χ4n) is 2.32. The molecule has 0 bridgehead atoms. The highest BCUT2D eigenvalue weighted by Crippen LogP contribution is 2.33. The van der Waals surface area contributed by atoms with Crippen LogP contribution in [0.5, 0.6) is 0 Å². The first-order valence-electron chi connectivity index (χ1n) is 6.18. The molecule has 0 unspecified atom stereocenters. The van der Waals surface area contributed by atoms with Crippen molar-refractivity contribution in [3.8, 4) is 0 Å². The Balaban J connectivity index is 2.84. The Hall–Kier alpha value is -1.31. The summed E-state index contributed by atoms with van der Waals surface area (Å²) in [5, 5.41) is 1.28. The lowest BCUT2D eigenvalue weighted by atomic mass is 9.91. The van der Waals surface area contributed by atoms with Gasteiger partial charge in [-0.3, -0.25) is 4.98 Å². The summed E-state index contributed by atoms with van der Waals surface area (Å²) in [4.78, 5) is 4.26. The van der Waals surface area contributed by atoms with Crippen molar-refractivity contribution >= 4 is 10.9 Å². The summed E-state index contributed by atoms with van der Waals surface area (Å²) in [5.41, 5.74) is 2.82. The van der Waals surface area contributed by atoms with E-state index in [9.17, 15) is 0 Å². The number of fused-ring (bicyclic) bond motifs is 1. The highest BCUT2D eigenvalue weighted by molar-refractivity contribution is 5.81. The van der Waals surface area contributed by atoms with Crippen LogP contribution in [0.25, 0.3) is 10.9 Å². The minimum Gasteiger partial charge on any atom is -0.338 e. The minimum absolute atomic E-state index is 0.0768. The molecule has 92 valence electrons. The van der Waals surface area contributed by atoms with Gasteiger partial charge in [-0.05, 0) is 32.9 Å². The molecular formula is C15H22N2. The van der Waals surface area contributed by atoms with Crippen molar-refractivity contribution in [1.82, 2.24) is 9.55 Å². The fourth-order valence-corrected chi connectivity index (χ4v) is 2.32. The average Bonchev–Trinajstić information content (AvgIpc) is 2.54. The Labute approximate surface area is 104 Å². The lowest BCUT2D eigenvalue weighted by Crippen LogP contribution is -2.28. The maximum atomic E-state index is 4.26. The van der Waals surface area contributed by atoms with Gasteiger partial charge in [0.1, 0.15) is 0 Å². The van der Waals surface area contributed by atoms with Crippen LogP contribution in [0.2, 0.25) is 0 Å². The van der Waals surface area contributed by atoms with Crippen LogP contribution in [0, 0.1) is 0 Å². The van der Waals surface area contributed by atoms with E-state index in [-0.39, 0.29) is 11.0 Å². The van der Waals surface area contributed by atoms with Crippen LogP contribution in [0.1, 0.15) is 47.2 Å². The standard InChI is InChI=1S/C15H22N2/c1-14(2,3)13-9-11-7-8-16-10-12(11)17(13)15(4,5)6/h7-10H,1-6H3. The van der Waals surface area contributed by atoms with Gasteiger partial charge in [-0.2, -0.15) is 0 Å². The zero-order valence-electron chi connectivity index (χ0n) is 11.7.